The van der Waals surface area contributed by atoms with Gasteiger partial charge in [-0.2, -0.15) is 18.3 Å². The van der Waals surface area contributed by atoms with Crippen LogP contribution >= 0.6 is 0 Å². The fourth-order valence-corrected chi connectivity index (χ4v) is 5.18. The average molecular weight is 564 g/mol. The van der Waals surface area contributed by atoms with Gasteiger partial charge in [0.15, 0.2) is 0 Å². The highest BCUT2D eigenvalue weighted by Gasteiger charge is 2.46. The topological polar surface area (TPSA) is 110 Å². The number of non-ortho nitro benzene ring substituents is 1. The number of carbonyl (C=O) groups is 2. The third-order valence-corrected chi connectivity index (χ3v) is 7.01. The summed E-state index contributed by atoms with van der Waals surface area (Å²) in [6.45, 7) is 3.68. The zero-order valence-corrected chi connectivity index (χ0v) is 21.9. The summed E-state index contributed by atoms with van der Waals surface area (Å²) in [5.74, 6) is -1.90. The maximum Gasteiger partial charge on any atom is 0.416 e. The number of likely N-dealkylation sites (N-methyl/N-ethyl adjacent to an activating group) is 1. The van der Waals surface area contributed by atoms with Gasteiger partial charge >= 0.3 is 6.18 Å². The van der Waals surface area contributed by atoms with Crippen molar-refractivity contribution in [1.29, 1.82) is 0 Å². The second-order valence-electron chi connectivity index (χ2n) is 9.51. The Morgan fingerprint density at radius 2 is 1.76 bits per heavy atom. The molecule has 2 amide bonds. The van der Waals surface area contributed by atoms with E-state index in [1.807, 2.05) is 30.3 Å². The molecule has 1 aromatic heterocycles. The summed E-state index contributed by atoms with van der Waals surface area (Å²) in [4.78, 5) is 39.9. The summed E-state index contributed by atoms with van der Waals surface area (Å²) in [6.07, 6.45) is -4.67. The highest BCUT2D eigenvalue weighted by atomic mass is 19.4. The SMILES string of the molecule is CCN1C(=O)[C@@H](NC(=O)c2cccc(C(F)(F)F)c2)[C@@H](c2cccc([N+](=O)[O-])c2)c2c(C)nn(-c3ccccc3)c21. The molecule has 5 rings (SSSR count). The smallest absolute Gasteiger partial charge is 0.339 e. The van der Waals surface area contributed by atoms with E-state index >= 15 is 0 Å². The lowest BCUT2D eigenvalue weighted by atomic mass is 9.81. The summed E-state index contributed by atoms with van der Waals surface area (Å²) in [6, 6.07) is 17.4. The number of aryl methyl sites for hydroxylation is 1. The van der Waals surface area contributed by atoms with Gasteiger partial charge in [0.1, 0.15) is 11.9 Å². The summed E-state index contributed by atoms with van der Waals surface area (Å²) in [5.41, 5.74) is 0.617. The molecule has 1 N–H and O–H groups in total. The minimum atomic E-state index is -4.67. The zero-order chi connectivity index (χ0) is 29.5. The van der Waals surface area contributed by atoms with Gasteiger partial charge < -0.3 is 5.32 Å². The number of nitro groups is 1. The predicted molar refractivity (Wildman–Crippen MR) is 144 cm³/mol. The van der Waals surface area contributed by atoms with Crippen LogP contribution in [0.4, 0.5) is 24.7 Å². The molecule has 0 radical (unpaired) electrons. The number of nitrogens with one attached hydrogen (secondary N) is 1. The summed E-state index contributed by atoms with van der Waals surface area (Å²) < 4.78 is 41.6. The molecule has 0 fully saturated rings. The van der Waals surface area contributed by atoms with Crippen LogP contribution in [0.5, 0.6) is 0 Å². The second-order valence-corrected chi connectivity index (χ2v) is 9.51. The van der Waals surface area contributed by atoms with Gasteiger partial charge in [0, 0.05) is 35.7 Å². The van der Waals surface area contributed by atoms with Crippen molar-refractivity contribution in [2.24, 2.45) is 0 Å². The van der Waals surface area contributed by atoms with Gasteiger partial charge in [-0.3, -0.25) is 24.6 Å². The van der Waals surface area contributed by atoms with E-state index in [1.54, 1.807) is 24.6 Å². The normalized spacial score (nSPS) is 16.8. The van der Waals surface area contributed by atoms with Crippen LogP contribution in [0.15, 0.2) is 78.9 Å². The molecule has 3 aromatic carbocycles. The first kappa shape index (κ1) is 27.6. The molecule has 1 aliphatic heterocycles. The molecule has 4 aromatic rings. The summed E-state index contributed by atoms with van der Waals surface area (Å²) in [5, 5.41) is 18.9. The highest BCUT2D eigenvalue weighted by Crippen LogP contribution is 2.44. The highest BCUT2D eigenvalue weighted by molar-refractivity contribution is 6.05. The van der Waals surface area contributed by atoms with Gasteiger partial charge in [-0.15, -0.1) is 0 Å². The van der Waals surface area contributed by atoms with Gasteiger partial charge in [0.2, 0.25) is 0 Å². The van der Waals surface area contributed by atoms with Crippen molar-refractivity contribution in [3.8, 4) is 5.69 Å². The Balaban J connectivity index is 1.68. The largest absolute Gasteiger partial charge is 0.416 e. The number of nitrogens with zero attached hydrogens (tertiary/aromatic N) is 4. The lowest BCUT2D eigenvalue weighted by molar-refractivity contribution is -0.384. The van der Waals surface area contributed by atoms with Crippen LogP contribution in [0.3, 0.4) is 0 Å². The Kier molecular flexibility index (Phi) is 7.08. The van der Waals surface area contributed by atoms with E-state index in [0.29, 0.717) is 34.4 Å². The molecule has 9 nitrogen and oxygen atoms in total. The Hall–Kier alpha value is -5.00. The lowest BCUT2D eigenvalue weighted by Crippen LogP contribution is -2.55. The van der Waals surface area contributed by atoms with Crippen LogP contribution in [-0.4, -0.2) is 39.1 Å². The molecule has 0 spiro atoms. The van der Waals surface area contributed by atoms with E-state index in [9.17, 15) is 32.9 Å². The standard InChI is InChI=1S/C29H24F3N5O4/c1-3-35-27-23(17(2)34-36(27)21-12-5-4-6-13-21)24(18-9-8-14-22(16-18)37(40)41)25(28(35)39)33-26(38)19-10-7-11-20(15-19)29(30,31)32/h4-16,24-25H,3H2,1-2H3,(H,33,38)/t24-,25-/m0/s1. The molecule has 0 unspecified atom stereocenters. The van der Waals surface area contributed by atoms with Gasteiger partial charge in [0.25, 0.3) is 17.5 Å². The molecule has 0 saturated heterocycles. The maximum atomic E-state index is 14.1. The number of carbonyl (C=O) groups excluding carboxylic acids is 2. The average Bonchev–Trinajstić information content (AvgIpc) is 3.30. The minimum absolute atomic E-state index is 0.196. The van der Waals surface area contributed by atoms with Gasteiger partial charge in [-0.05, 0) is 49.7 Å². The van der Waals surface area contributed by atoms with E-state index in [4.69, 9.17) is 5.10 Å². The van der Waals surface area contributed by atoms with Crippen molar-refractivity contribution < 1.29 is 27.7 Å². The number of fused-ring (bicyclic) bond motifs is 1. The van der Waals surface area contributed by atoms with Crippen LogP contribution in [0.2, 0.25) is 0 Å². The molecular formula is C29H24F3N5O4. The van der Waals surface area contributed by atoms with Gasteiger partial charge in [-0.25, -0.2) is 4.68 Å². The van der Waals surface area contributed by atoms with Crippen molar-refractivity contribution in [2.75, 3.05) is 11.4 Å². The number of alkyl halides is 3. The molecular weight excluding hydrogens is 539 g/mol. The Morgan fingerprint density at radius 1 is 1.05 bits per heavy atom. The molecule has 0 saturated carbocycles. The quantitative estimate of drug-likeness (QED) is 0.249. The number of aromatic nitrogens is 2. The number of hydrogen-bond donors (Lipinski definition) is 1. The van der Waals surface area contributed by atoms with Crippen LogP contribution in [0, 0.1) is 17.0 Å². The molecule has 12 heteroatoms. The number of halogens is 3. The van der Waals surface area contributed by atoms with E-state index < -0.39 is 40.4 Å². The predicted octanol–water partition coefficient (Wildman–Crippen LogP) is 5.40. The van der Waals surface area contributed by atoms with E-state index in [2.05, 4.69) is 5.32 Å². The van der Waals surface area contributed by atoms with Gasteiger partial charge in [-0.1, -0.05) is 36.4 Å². The van der Waals surface area contributed by atoms with Crippen LogP contribution in [0.25, 0.3) is 5.69 Å². The molecule has 0 aliphatic carbocycles. The summed E-state index contributed by atoms with van der Waals surface area (Å²) in [7, 11) is 0. The first-order valence-corrected chi connectivity index (χ1v) is 12.7. The van der Waals surface area contributed by atoms with Crippen LogP contribution < -0.4 is 10.2 Å². The second kappa shape index (κ2) is 10.5. The maximum absolute atomic E-state index is 14.1. The third kappa shape index (κ3) is 5.04. The molecule has 210 valence electrons. The molecule has 41 heavy (non-hydrogen) atoms. The fourth-order valence-electron chi connectivity index (χ4n) is 5.18. The van der Waals surface area contributed by atoms with E-state index in [-0.39, 0.29) is 17.8 Å². The number of amides is 2. The molecule has 0 bridgehead atoms. The number of benzene rings is 3. The monoisotopic (exact) mass is 563 g/mol. The zero-order valence-electron chi connectivity index (χ0n) is 21.9. The van der Waals surface area contributed by atoms with Crippen molar-refractivity contribution in [3.05, 3.63) is 117 Å². The van der Waals surface area contributed by atoms with Crippen molar-refractivity contribution in [3.63, 3.8) is 0 Å². The number of nitro benzene ring substituents is 1. The van der Waals surface area contributed by atoms with Crippen molar-refractivity contribution in [1.82, 2.24) is 15.1 Å². The van der Waals surface area contributed by atoms with Crippen molar-refractivity contribution >= 4 is 23.3 Å². The molecule has 2 heterocycles. The lowest BCUT2D eigenvalue weighted by Gasteiger charge is -2.38. The fraction of sp³-hybridized carbons (Fsp3) is 0.207. The first-order valence-electron chi connectivity index (χ1n) is 12.7. The van der Waals surface area contributed by atoms with Crippen LogP contribution in [-0.2, 0) is 11.0 Å². The van der Waals surface area contributed by atoms with Crippen LogP contribution in [0.1, 0.15) is 45.6 Å². The number of para-hydroxylation sites is 1. The molecule has 1 aliphatic rings. The Bertz CT molecular complexity index is 1650. The number of anilines is 1. The van der Waals surface area contributed by atoms with E-state index in [0.717, 1.165) is 12.1 Å². The van der Waals surface area contributed by atoms with E-state index in [1.165, 1.54) is 29.2 Å². The van der Waals surface area contributed by atoms with Crippen molar-refractivity contribution in [2.45, 2.75) is 32.0 Å². The number of rotatable bonds is 6. The number of hydrogen-bond acceptors (Lipinski definition) is 5. The Labute approximate surface area is 232 Å². The minimum Gasteiger partial charge on any atom is -0.339 e. The Morgan fingerprint density at radius 3 is 2.41 bits per heavy atom. The summed E-state index contributed by atoms with van der Waals surface area (Å²) >= 11 is 0. The van der Waals surface area contributed by atoms with Gasteiger partial charge in [0.05, 0.1) is 21.9 Å². The first-order chi connectivity index (χ1) is 19.5. The molecule has 2 atom stereocenters. The third-order valence-electron chi connectivity index (χ3n) is 7.01.